The first-order valence-corrected chi connectivity index (χ1v) is 12.5. The second-order valence-corrected chi connectivity index (χ2v) is 10.8. The number of ketones is 1. The zero-order valence-corrected chi connectivity index (χ0v) is 21.2. The molecular weight excluding hydrogens is 430 g/mol. The molecule has 1 atom stereocenters. The number of anilines is 3. The van der Waals surface area contributed by atoms with E-state index >= 15 is 0 Å². The van der Waals surface area contributed by atoms with Crippen LogP contribution in [0.25, 0.3) is 0 Å². The van der Waals surface area contributed by atoms with Crippen molar-refractivity contribution in [2.24, 2.45) is 5.41 Å². The molecule has 3 aromatic carbocycles. The van der Waals surface area contributed by atoms with Gasteiger partial charge in [-0.25, -0.2) is 0 Å². The smallest absolute Gasteiger partial charge is 0.163 e. The first-order chi connectivity index (χ1) is 16.8. The Labute approximate surface area is 209 Å². The molecular formula is C31H35N3O. The van der Waals surface area contributed by atoms with Gasteiger partial charge in [0.1, 0.15) is 0 Å². The summed E-state index contributed by atoms with van der Waals surface area (Å²) < 4.78 is 0. The Balaban J connectivity index is 1.66. The van der Waals surface area contributed by atoms with Crippen molar-refractivity contribution in [3.8, 4) is 0 Å². The predicted molar refractivity (Wildman–Crippen MR) is 146 cm³/mol. The lowest BCUT2D eigenvalue weighted by atomic mass is 9.73. The quantitative estimate of drug-likeness (QED) is 0.460. The minimum atomic E-state index is -0.135. The molecule has 35 heavy (non-hydrogen) atoms. The first-order valence-electron chi connectivity index (χ1n) is 12.5. The molecule has 4 nitrogen and oxygen atoms in total. The average Bonchev–Trinajstić information content (AvgIpc) is 2.97. The van der Waals surface area contributed by atoms with Gasteiger partial charge in [0.2, 0.25) is 0 Å². The number of rotatable bonds is 5. The van der Waals surface area contributed by atoms with Crippen LogP contribution >= 0.6 is 0 Å². The lowest BCUT2D eigenvalue weighted by Crippen LogP contribution is -2.37. The monoisotopic (exact) mass is 465 g/mol. The van der Waals surface area contributed by atoms with Gasteiger partial charge in [-0.2, -0.15) is 0 Å². The molecule has 0 saturated carbocycles. The molecule has 0 saturated heterocycles. The van der Waals surface area contributed by atoms with Gasteiger partial charge in [0.15, 0.2) is 5.78 Å². The number of hydrogen-bond donors (Lipinski definition) is 1. The van der Waals surface area contributed by atoms with E-state index in [1.54, 1.807) is 0 Å². The number of fused-ring (bicyclic) bond motifs is 1. The van der Waals surface area contributed by atoms with Crippen molar-refractivity contribution in [3.63, 3.8) is 0 Å². The molecule has 3 aromatic rings. The van der Waals surface area contributed by atoms with Gasteiger partial charge in [-0.15, -0.1) is 0 Å². The molecule has 0 radical (unpaired) electrons. The molecule has 1 aliphatic carbocycles. The molecule has 5 rings (SSSR count). The summed E-state index contributed by atoms with van der Waals surface area (Å²) in [6, 6.07) is 27.7. The topological polar surface area (TPSA) is 35.6 Å². The number of Topliss-reactive ketones (excluding diaryl/α,β-unsaturated/α-hetero) is 1. The third-order valence-corrected chi connectivity index (χ3v) is 7.21. The molecule has 0 spiro atoms. The SMILES string of the molecule is CN(C)c1ccc(C2C3=C(CC(C)(C)CC3=O)Nc3ccccc3N2CCc2ccccc2)cc1. The van der Waals surface area contributed by atoms with Crippen LogP contribution in [0.5, 0.6) is 0 Å². The Morgan fingerprint density at radius 1 is 0.914 bits per heavy atom. The van der Waals surface area contributed by atoms with Gasteiger partial charge in [-0.05, 0) is 53.6 Å². The van der Waals surface area contributed by atoms with Crippen LogP contribution in [0.1, 0.15) is 43.9 Å². The summed E-state index contributed by atoms with van der Waals surface area (Å²) in [4.78, 5) is 18.3. The van der Waals surface area contributed by atoms with E-state index in [1.165, 1.54) is 5.56 Å². The fourth-order valence-electron chi connectivity index (χ4n) is 5.50. The number of para-hydroxylation sites is 2. The summed E-state index contributed by atoms with van der Waals surface area (Å²) in [7, 11) is 4.11. The lowest BCUT2D eigenvalue weighted by molar-refractivity contribution is -0.118. The van der Waals surface area contributed by atoms with Gasteiger partial charge in [-0.3, -0.25) is 4.79 Å². The van der Waals surface area contributed by atoms with Crippen molar-refractivity contribution in [3.05, 3.63) is 101 Å². The molecule has 0 fully saturated rings. The van der Waals surface area contributed by atoms with E-state index in [2.05, 4.69) is 122 Å². The zero-order valence-electron chi connectivity index (χ0n) is 21.2. The molecule has 1 unspecified atom stereocenters. The average molecular weight is 466 g/mol. The van der Waals surface area contributed by atoms with Crippen LogP contribution in [0.4, 0.5) is 17.1 Å². The van der Waals surface area contributed by atoms with Gasteiger partial charge in [0.25, 0.3) is 0 Å². The fraction of sp³-hybridized carbons (Fsp3) is 0.323. The van der Waals surface area contributed by atoms with Crippen molar-refractivity contribution in [2.75, 3.05) is 35.8 Å². The van der Waals surface area contributed by atoms with Crippen molar-refractivity contribution >= 4 is 22.8 Å². The molecule has 1 aliphatic heterocycles. The Morgan fingerprint density at radius 2 is 1.60 bits per heavy atom. The number of carbonyl (C=O) groups is 1. The third kappa shape index (κ3) is 4.70. The number of nitrogens with one attached hydrogen (secondary N) is 1. The molecule has 2 aliphatic rings. The lowest BCUT2D eigenvalue weighted by Gasteiger charge is -2.38. The van der Waals surface area contributed by atoms with E-state index < -0.39 is 0 Å². The third-order valence-electron chi connectivity index (χ3n) is 7.21. The molecule has 4 heteroatoms. The number of benzene rings is 3. The van der Waals surface area contributed by atoms with E-state index in [0.29, 0.717) is 6.42 Å². The van der Waals surface area contributed by atoms with Gasteiger partial charge in [0, 0.05) is 44.0 Å². The number of carbonyl (C=O) groups excluding carboxylic acids is 1. The molecule has 0 aromatic heterocycles. The minimum absolute atomic E-state index is 0.0591. The van der Waals surface area contributed by atoms with Crippen LogP contribution in [0.15, 0.2) is 90.1 Å². The predicted octanol–water partition coefficient (Wildman–Crippen LogP) is 6.61. The highest BCUT2D eigenvalue weighted by Gasteiger charge is 2.41. The van der Waals surface area contributed by atoms with Crippen LogP contribution in [0, 0.1) is 5.41 Å². The Kier molecular flexibility index (Phi) is 6.14. The van der Waals surface area contributed by atoms with Crippen molar-refractivity contribution in [2.45, 2.75) is 39.2 Å². The van der Waals surface area contributed by atoms with Crippen molar-refractivity contribution < 1.29 is 4.79 Å². The number of hydrogen-bond acceptors (Lipinski definition) is 4. The molecule has 0 bridgehead atoms. The highest BCUT2D eigenvalue weighted by molar-refractivity contribution is 6.01. The number of nitrogens with zero attached hydrogens (tertiary/aromatic N) is 2. The maximum absolute atomic E-state index is 13.8. The Bertz CT molecular complexity index is 1240. The van der Waals surface area contributed by atoms with Gasteiger partial charge < -0.3 is 15.1 Å². The summed E-state index contributed by atoms with van der Waals surface area (Å²) in [6.45, 7) is 5.21. The molecule has 1 heterocycles. The summed E-state index contributed by atoms with van der Waals surface area (Å²) in [5, 5.41) is 3.71. The van der Waals surface area contributed by atoms with Crippen LogP contribution in [-0.2, 0) is 11.2 Å². The second-order valence-electron chi connectivity index (χ2n) is 10.8. The fourth-order valence-corrected chi connectivity index (χ4v) is 5.50. The van der Waals surface area contributed by atoms with E-state index in [-0.39, 0.29) is 17.2 Å². The highest BCUT2D eigenvalue weighted by Crippen LogP contribution is 2.48. The maximum atomic E-state index is 13.8. The summed E-state index contributed by atoms with van der Waals surface area (Å²) >= 11 is 0. The van der Waals surface area contributed by atoms with Crippen LogP contribution < -0.4 is 15.1 Å². The van der Waals surface area contributed by atoms with Gasteiger partial charge in [-0.1, -0.05) is 68.4 Å². The zero-order chi connectivity index (χ0) is 24.6. The van der Waals surface area contributed by atoms with Crippen LogP contribution in [-0.4, -0.2) is 26.4 Å². The maximum Gasteiger partial charge on any atom is 0.163 e. The molecule has 180 valence electrons. The van der Waals surface area contributed by atoms with E-state index in [9.17, 15) is 4.79 Å². The van der Waals surface area contributed by atoms with Crippen LogP contribution in [0.2, 0.25) is 0 Å². The number of allylic oxidation sites excluding steroid dienone is 1. The van der Waals surface area contributed by atoms with E-state index in [4.69, 9.17) is 0 Å². The molecule has 0 amide bonds. The standard InChI is InChI=1S/C31H35N3O/c1-31(2)20-26-29(28(35)21-31)30(23-14-16-24(17-15-23)33(3)4)34(19-18-22-10-6-5-7-11-22)27-13-9-8-12-25(27)32-26/h5-17,30,32H,18-21H2,1-4H3. The van der Waals surface area contributed by atoms with E-state index in [0.717, 1.165) is 53.3 Å². The van der Waals surface area contributed by atoms with Crippen molar-refractivity contribution in [1.82, 2.24) is 0 Å². The Hall–Kier alpha value is -3.53. The minimum Gasteiger partial charge on any atom is -0.378 e. The summed E-state index contributed by atoms with van der Waals surface area (Å²) in [5.41, 5.74) is 7.76. The summed E-state index contributed by atoms with van der Waals surface area (Å²) in [6.07, 6.45) is 2.34. The van der Waals surface area contributed by atoms with Gasteiger partial charge in [0.05, 0.1) is 17.4 Å². The van der Waals surface area contributed by atoms with Gasteiger partial charge >= 0.3 is 0 Å². The van der Waals surface area contributed by atoms with E-state index in [1.807, 2.05) is 0 Å². The highest BCUT2D eigenvalue weighted by atomic mass is 16.1. The first kappa shape index (κ1) is 23.2. The van der Waals surface area contributed by atoms with Crippen molar-refractivity contribution in [1.29, 1.82) is 0 Å². The van der Waals surface area contributed by atoms with Crippen LogP contribution in [0.3, 0.4) is 0 Å². The molecule has 1 N–H and O–H groups in total. The Morgan fingerprint density at radius 3 is 2.31 bits per heavy atom. The largest absolute Gasteiger partial charge is 0.378 e. The normalized spacial score (nSPS) is 18.9. The second kappa shape index (κ2) is 9.26. The summed E-state index contributed by atoms with van der Waals surface area (Å²) in [5.74, 6) is 0.253.